The minimum absolute atomic E-state index is 0.289. The maximum Gasteiger partial charge on any atom is 0.0960 e. The molecule has 12 heavy (non-hydrogen) atoms. The summed E-state index contributed by atoms with van der Waals surface area (Å²) in [6.45, 7) is 2.10. The van der Waals surface area contributed by atoms with E-state index in [2.05, 4.69) is 11.9 Å². The van der Waals surface area contributed by atoms with Crippen molar-refractivity contribution < 1.29 is 0 Å². The highest BCUT2D eigenvalue weighted by Gasteiger charge is 2.00. The summed E-state index contributed by atoms with van der Waals surface area (Å²) in [6.07, 6.45) is 2.83. The molecule has 0 bridgehead atoms. The normalized spacial score (nSPS) is 12.8. The highest BCUT2D eigenvalue weighted by Crippen LogP contribution is 2.14. The number of nitrogens with zero attached hydrogens (tertiary/aromatic N) is 1. The lowest BCUT2D eigenvalue weighted by atomic mass is 10.3. The molecule has 0 aliphatic heterocycles. The molecule has 1 rings (SSSR count). The number of pyridine rings is 1. The Kier molecular flexibility index (Phi) is 4.11. The molecule has 0 aromatic carbocycles. The van der Waals surface area contributed by atoms with Crippen LogP contribution in [-0.4, -0.2) is 16.8 Å². The van der Waals surface area contributed by atoms with Crippen molar-refractivity contribution in [3.05, 3.63) is 24.4 Å². The molecule has 1 atom stereocenters. The quantitative estimate of drug-likeness (QED) is 0.723. The SMILES string of the molecule is CCC(N)CSc1ccccn1. The molecule has 0 amide bonds. The highest BCUT2D eigenvalue weighted by atomic mass is 32.2. The second-order valence-electron chi connectivity index (χ2n) is 2.65. The molecule has 3 heteroatoms. The number of thioether (sulfide) groups is 1. The Morgan fingerprint density at radius 1 is 1.58 bits per heavy atom. The van der Waals surface area contributed by atoms with Gasteiger partial charge in [-0.3, -0.25) is 0 Å². The van der Waals surface area contributed by atoms with E-state index in [1.54, 1.807) is 18.0 Å². The molecule has 0 saturated carbocycles. The Labute approximate surface area is 77.6 Å². The van der Waals surface area contributed by atoms with Crippen LogP contribution in [0.5, 0.6) is 0 Å². The molecule has 0 spiro atoms. The Morgan fingerprint density at radius 3 is 3.00 bits per heavy atom. The third-order valence-electron chi connectivity index (χ3n) is 1.61. The van der Waals surface area contributed by atoms with Crippen LogP contribution in [0, 0.1) is 0 Å². The molecule has 2 nitrogen and oxygen atoms in total. The predicted octanol–water partition coefficient (Wildman–Crippen LogP) is 1.91. The van der Waals surface area contributed by atoms with Crippen molar-refractivity contribution in [2.75, 3.05) is 5.75 Å². The number of hydrogen-bond acceptors (Lipinski definition) is 3. The van der Waals surface area contributed by atoms with Crippen LogP contribution in [0.15, 0.2) is 29.4 Å². The van der Waals surface area contributed by atoms with Crippen molar-refractivity contribution in [1.82, 2.24) is 4.98 Å². The lowest BCUT2D eigenvalue weighted by Crippen LogP contribution is -2.21. The zero-order valence-corrected chi connectivity index (χ0v) is 8.05. The molecular weight excluding hydrogens is 168 g/mol. The van der Waals surface area contributed by atoms with E-state index in [1.165, 1.54) is 0 Å². The summed E-state index contributed by atoms with van der Waals surface area (Å²) in [5.41, 5.74) is 5.77. The molecule has 1 unspecified atom stereocenters. The van der Waals surface area contributed by atoms with E-state index in [4.69, 9.17) is 5.73 Å². The zero-order chi connectivity index (χ0) is 8.81. The van der Waals surface area contributed by atoms with Gasteiger partial charge in [0.2, 0.25) is 0 Å². The second-order valence-corrected chi connectivity index (χ2v) is 3.69. The van der Waals surface area contributed by atoms with E-state index in [1.807, 2.05) is 18.2 Å². The van der Waals surface area contributed by atoms with Crippen LogP contribution < -0.4 is 5.73 Å². The van der Waals surface area contributed by atoms with Crippen LogP contribution in [0.2, 0.25) is 0 Å². The third-order valence-corrected chi connectivity index (χ3v) is 2.74. The molecule has 0 saturated heterocycles. The lowest BCUT2D eigenvalue weighted by Gasteiger charge is -2.06. The number of nitrogens with two attached hydrogens (primary N) is 1. The van der Waals surface area contributed by atoms with E-state index in [0.717, 1.165) is 17.2 Å². The van der Waals surface area contributed by atoms with Crippen LogP contribution in [0.4, 0.5) is 0 Å². The highest BCUT2D eigenvalue weighted by molar-refractivity contribution is 7.99. The van der Waals surface area contributed by atoms with Gasteiger partial charge in [-0.1, -0.05) is 13.0 Å². The number of hydrogen-bond donors (Lipinski definition) is 1. The van der Waals surface area contributed by atoms with Crippen LogP contribution in [0.1, 0.15) is 13.3 Å². The van der Waals surface area contributed by atoms with Gasteiger partial charge in [-0.15, -0.1) is 11.8 Å². The maximum atomic E-state index is 5.77. The first kappa shape index (κ1) is 9.55. The summed E-state index contributed by atoms with van der Waals surface area (Å²) >= 11 is 1.72. The minimum atomic E-state index is 0.289. The largest absolute Gasteiger partial charge is 0.327 e. The molecule has 0 aliphatic carbocycles. The van der Waals surface area contributed by atoms with Crippen LogP contribution in [0.3, 0.4) is 0 Å². The van der Waals surface area contributed by atoms with E-state index < -0.39 is 0 Å². The fourth-order valence-corrected chi connectivity index (χ4v) is 1.67. The first-order chi connectivity index (χ1) is 5.83. The Hall–Kier alpha value is -0.540. The Morgan fingerprint density at radius 2 is 2.42 bits per heavy atom. The fourth-order valence-electron chi connectivity index (χ4n) is 0.743. The van der Waals surface area contributed by atoms with Gasteiger partial charge in [0, 0.05) is 18.0 Å². The van der Waals surface area contributed by atoms with Gasteiger partial charge in [0.1, 0.15) is 0 Å². The number of rotatable bonds is 4. The van der Waals surface area contributed by atoms with Gasteiger partial charge in [-0.25, -0.2) is 4.98 Å². The molecule has 66 valence electrons. The van der Waals surface area contributed by atoms with E-state index >= 15 is 0 Å². The zero-order valence-electron chi connectivity index (χ0n) is 7.23. The van der Waals surface area contributed by atoms with Crippen LogP contribution >= 0.6 is 11.8 Å². The van der Waals surface area contributed by atoms with Crippen molar-refractivity contribution in [3.63, 3.8) is 0 Å². The predicted molar refractivity (Wildman–Crippen MR) is 53.2 cm³/mol. The molecule has 0 fully saturated rings. The first-order valence-corrected chi connectivity index (χ1v) is 5.11. The molecule has 1 heterocycles. The van der Waals surface area contributed by atoms with E-state index in [9.17, 15) is 0 Å². The summed E-state index contributed by atoms with van der Waals surface area (Å²) in [5.74, 6) is 0.952. The van der Waals surface area contributed by atoms with Gasteiger partial charge < -0.3 is 5.73 Å². The molecule has 0 aliphatic rings. The van der Waals surface area contributed by atoms with Crippen molar-refractivity contribution in [2.45, 2.75) is 24.4 Å². The standard InChI is InChI=1S/C9H14N2S/c1-2-8(10)7-12-9-5-3-4-6-11-9/h3-6,8H,2,7,10H2,1H3. The summed E-state index contributed by atoms with van der Waals surface area (Å²) < 4.78 is 0. The average molecular weight is 182 g/mol. The fraction of sp³-hybridized carbons (Fsp3) is 0.444. The second kappa shape index (κ2) is 5.17. The monoisotopic (exact) mass is 182 g/mol. The van der Waals surface area contributed by atoms with E-state index in [0.29, 0.717) is 0 Å². The van der Waals surface area contributed by atoms with Gasteiger partial charge >= 0.3 is 0 Å². The van der Waals surface area contributed by atoms with Crippen molar-refractivity contribution in [2.24, 2.45) is 5.73 Å². The summed E-state index contributed by atoms with van der Waals surface area (Å²) in [5, 5.41) is 1.06. The van der Waals surface area contributed by atoms with Gasteiger partial charge in [-0.05, 0) is 18.6 Å². The Bertz CT molecular complexity index is 213. The smallest absolute Gasteiger partial charge is 0.0960 e. The summed E-state index contributed by atoms with van der Waals surface area (Å²) in [6, 6.07) is 6.21. The molecule has 1 aromatic rings. The van der Waals surface area contributed by atoms with Gasteiger partial charge in [-0.2, -0.15) is 0 Å². The molecule has 1 aromatic heterocycles. The molecule has 0 radical (unpaired) electrons. The summed E-state index contributed by atoms with van der Waals surface area (Å²) in [7, 11) is 0. The topological polar surface area (TPSA) is 38.9 Å². The van der Waals surface area contributed by atoms with Crippen LogP contribution in [0.25, 0.3) is 0 Å². The lowest BCUT2D eigenvalue weighted by molar-refractivity contribution is 0.724. The van der Waals surface area contributed by atoms with Gasteiger partial charge in [0.25, 0.3) is 0 Å². The van der Waals surface area contributed by atoms with Crippen molar-refractivity contribution in [3.8, 4) is 0 Å². The van der Waals surface area contributed by atoms with Crippen molar-refractivity contribution >= 4 is 11.8 Å². The van der Waals surface area contributed by atoms with Crippen molar-refractivity contribution in [1.29, 1.82) is 0 Å². The summed E-state index contributed by atoms with van der Waals surface area (Å²) in [4.78, 5) is 4.19. The van der Waals surface area contributed by atoms with Gasteiger partial charge in [0.15, 0.2) is 0 Å². The minimum Gasteiger partial charge on any atom is -0.327 e. The first-order valence-electron chi connectivity index (χ1n) is 4.12. The maximum absolute atomic E-state index is 5.77. The van der Waals surface area contributed by atoms with Gasteiger partial charge in [0.05, 0.1) is 5.03 Å². The molecular formula is C9H14N2S. The van der Waals surface area contributed by atoms with Crippen LogP contribution in [-0.2, 0) is 0 Å². The van der Waals surface area contributed by atoms with E-state index in [-0.39, 0.29) is 6.04 Å². The Balaban J connectivity index is 2.33. The third kappa shape index (κ3) is 3.24. The average Bonchev–Trinajstić information content (AvgIpc) is 2.16. The molecule has 2 N–H and O–H groups in total. The number of aromatic nitrogens is 1.